The van der Waals surface area contributed by atoms with E-state index >= 15 is 0 Å². The predicted molar refractivity (Wildman–Crippen MR) is 110 cm³/mol. The van der Waals surface area contributed by atoms with Gasteiger partial charge < -0.3 is 9.32 Å². The Morgan fingerprint density at radius 3 is 2.54 bits per heavy atom. The topological polar surface area (TPSA) is 49.6 Å². The van der Waals surface area contributed by atoms with Gasteiger partial charge in [-0.05, 0) is 25.7 Å². The lowest BCUT2D eigenvalue weighted by Crippen LogP contribution is -2.49. The van der Waals surface area contributed by atoms with Crippen LogP contribution in [0, 0.1) is 5.92 Å². The molecule has 0 bridgehead atoms. The van der Waals surface area contributed by atoms with Gasteiger partial charge in [0.15, 0.2) is 5.76 Å². The van der Waals surface area contributed by atoms with Crippen molar-refractivity contribution in [2.24, 2.45) is 5.92 Å². The highest BCUT2D eigenvalue weighted by Crippen LogP contribution is 2.28. The minimum atomic E-state index is 0.119. The monoisotopic (exact) mass is 381 g/mol. The zero-order valence-electron chi connectivity index (χ0n) is 16.8. The molecule has 1 amide bonds. The molecule has 150 valence electrons. The summed E-state index contributed by atoms with van der Waals surface area (Å²) in [6, 6.07) is 10.2. The van der Waals surface area contributed by atoms with Gasteiger partial charge in [-0.15, -0.1) is 0 Å². The summed E-state index contributed by atoms with van der Waals surface area (Å²) in [6.45, 7) is 5.51. The molecular weight excluding hydrogens is 350 g/mol. The summed E-state index contributed by atoms with van der Waals surface area (Å²) >= 11 is 0. The Kier molecular flexibility index (Phi) is 6.10. The Morgan fingerprint density at radius 2 is 1.82 bits per heavy atom. The number of hydrogen-bond acceptors (Lipinski definition) is 4. The number of carbonyl (C=O) groups is 1. The van der Waals surface area contributed by atoms with Crippen LogP contribution in [0.4, 0.5) is 0 Å². The van der Waals surface area contributed by atoms with E-state index < -0.39 is 0 Å². The number of piperazine rings is 1. The Labute approximate surface area is 167 Å². The van der Waals surface area contributed by atoms with E-state index in [-0.39, 0.29) is 6.04 Å². The summed E-state index contributed by atoms with van der Waals surface area (Å²) in [7, 11) is 0. The van der Waals surface area contributed by atoms with Crippen LogP contribution in [0.15, 0.2) is 40.9 Å². The second kappa shape index (κ2) is 8.91. The van der Waals surface area contributed by atoms with Crippen LogP contribution < -0.4 is 0 Å². The van der Waals surface area contributed by atoms with E-state index in [0.29, 0.717) is 11.8 Å². The van der Waals surface area contributed by atoms with E-state index in [0.717, 1.165) is 49.8 Å². The predicted octanol–water partition coefficient (Wildman–Crippen LogP) is 4.52. The summed E-state index contributed by atoms with van der Waals surface area (Å²) < 4.78 is 6.03. The van der Waals surface area contributed by atoms with Crippen LogP contribution >= 0.6 is 0 Å². The molecular formula is C23H31N3O2. The highest BCUT2D eigenvalue weighted by molar-refractivity contribution is 5.76. The van der Waals surface area contributed by atoms with Crippen LogP contribution in [0.5, 0.6) is 0 Å². The summed E-state index contributed by atoms with van der Waals surface area (Å²) in [5.41, 5.74) is 1.05. The Bertz CT molecular complexity index is 759. The van der Waals surface area contributed by atoms with Crippen LogP contribution in [0.3, 0.4) is 0 Å². The number of benzene rings is 1. The molecule has 5 heteroatoms. The molecule has 1 saturated carbocycles. The number of aromatic nitrogens is 1. The molecule has 0 N–H and O–H groups in total. The summed E-state index contributed by atoms with van der Waals surface area (Å²) in [5, 5.41) is 0. The normalized spacial score (nSPS) is 20.2. The van der Waals surface area contributed by atoms with Gasteiger partial charge in [-0.1, -0.05) is 49.6 Å². The number of amides is 1. The molecule has 2 heterocycles. The quantitative estimate of drug-likeness (QED) is 0.764. The minimum Gasteiger partial charge on any atom is -0.439 e. The van der Waals surface area contributed by atoms with Gasteiger partial charge >= 0.3 is 0 Å². The van der Waals surface area contributed by atoms with Crippen molar-refractivity contribution in [1.82, 2.24) is 14.8 Å². The standard InChI is InChI=1S/C23H31N3O2/c1-18(23-24-17-21(28-23)20-10-6-3-7-11-20)25-12-14-26(15-13-25)22(27)16-19-8-4-2-5-9-19/h3,6-7,10-11,17-19H,2,4-5,8-9,12-16H2,1H3. The average Bonchev–Trinajstić information content (AvgIpc) is 3.25. The van der Waals surface area contributed by atoms with Crippen molar-refractivity contribution in [1.29, 1.82) is 0 Å². The second-order valence-electron chi connectivity index (χ2n) is 8.23. The zero-order chi connectivity index (χ0) is 19.3. The fourth-order valence-electron chi connectivity index (χ4n) is 4.50. The molecule has 0 radical (unpaired) electrons. The highest BCUT2D eigenvalue weighted by atomic mass is 16.4. The van der Waals surface area contributed by atoms with E-state index in [1.54, 1.807) is 0 Å². The summed E-state index contributed by atoms with van der Waals surface area (Å²) in [4.78, 5) is 21.6. The molecule has 1 unspecified atom stereocenters. The van der Waals surface area contributed by atoms with Gasteiger partial charge in [0, 0.05) is 38.2 Å². The smallest absolute Gasteiger partial charge is 0.222 e. The van der Waals surface area contributed by atoms with Gasteiger partial charge in [0.25, 0.3) is 0 Å². The van der Waals surface area contributed by atoms with Gasteiger partial charge in [0.1, 0.15) is 0 Å². The molecule has 1 aromatic carbocycles. The lowest BCUT2D eigenvalue weighted by atomic mass is 9.86. The molecule has 1 aliphatic carbocycles. The third kappa shape index (κ3) is 4.46. The molecule has 5 nitrogen and oxygen atoms in total. The lowest BCUT2D eigenvalue weighted by Gasteiger charge is -2.37. The maximum atomic E-state index is 12.6. The fraction of sp³-hybridized carbons (Fsp3) is 0.565. The molecule has 28 heavy (non-hydrogen) atoms. The number of oxazole rings is 1. The lowest BCUT2D eigenvalue weighted by molar-refractivity contribution is -0.134. The first-order chi connectivity index (χ1) is 13.7. The van der Waals surface area contributed by atoms with E-state index in [2.05, 4.69) is 21.7 Å². The fourth-order valence-corrected chi connectivity index (χ4v) is 4.50. The van der Waals surface area contributed by atoms with Crippen molar-refractivity contribution in [3.63, 3.8) is 0 Å². The molecule has 1 atom stereocenters. The van der Waals surface area contributed by atoms with Crippen molar-refractivity contribution >= 4 is 5.91 Å². The van der Waals surface area contributed by atoms with Gasteiger partial charge in [0.2, 0.25) is 11.8 Å². The maximum Gasteiger partial charge on any atom is 0.222 e. The van der Waals surface area contributed by atoms with Crippen LogP contribution in [-0.4, -0.2) is 46.9 Å². The molecule has 4 rings (SSSR count). The Morgan fingerprint density at radius 1 is 1.11 bits per heavy atom. The SMILES string of the molecule is CC(c1ncc(-c2ccccc2)o1)N1CCN(C(=O)CC2CCCCC2)CC1. The average molecular weight is 382 g/mol. The minimum absolute atomic E-state index is 0.119. The van der Waals surface area contributed by atoms with Crippen molar-refractivity contribution in [3.05, 3.63) is 42.4 Å². The third-order valence-electron chi connectivity index (χ3n) is 6.34. The van der Waals surface area contributed by atoms with Crippen molar-refractivity contribution < 1.29 is 9.21 Å². The van der Waals surface area contributed by atoms with Crippen LogP contribution in [0.2, 0.25) is 0 Å². The zero-order valence-corrected chi connectivity index (χ0v) is 16.8. The number of carbonyl (C=O) groups excluding carboxylic acids is 1. The summed E-state index contributed by atoms with van der Waals surface area (Å²) in [5.74, 6) is 2.52. The Balaban J connectivity index is 1.30. The molecule has 2 aliphatic rings. The highest BCUT2D eigenvalue weighted by Gasteiger charge is 2.28. The van der Waals surface area contributed by atoms with Crippen LogP contribution in [0.25, 0.3) is 11.3 Å². The first-order valence-electron chi connectivity index (χ1n) is 10.7. The number of rotatable bonds is 5. The molecule has 1 aromatic heterocycles. The molecule has 2 fully saturated rings. The van der Waals surface area contributed by atoms with Crippen LogP contribution in [-0.2, 0) is 4.79 Å². The Hall–Kier alpha value is -2.14. The first kappa shape index (κ1) is 19.2. The van der Waals surface area contributed by atoms with E-state index in [1.165, 1.54) is 32.1 Å². The first-order valence-corrected chi connectivity index (χ1v) is 10.7. The van der Waals surface area contributed by atoms with Crippen molar-refractivity contribution in [3.8, 4) is 11.3 Å². The largest absolute Gasteiger partial charge is 0.439 e. The number of nitrogens with zero attached hydrogens (tertiary/aromatic N) is 3. The van der Waals surface area contributed by atoms with Crippen molar-refractivity contribution in [2.45, 2.75) is 51.5 Å². The second-order valence-corrected chi connectivity index (χ2v) is 8.23. The van der Waals surface area contributed by atoms with Gasteiger partial charge in [-0.25, -0.2) is 4.98 Å². The molecule has 0 spiro atoms. The van der Waals surface area contributed by atoms with Gasteiger partial charge in [0.05, 0.1) is 12.2 Å². The molecule has 2 aromatic rings. The maximum absolute atomic E-state index is 12.6. The third-order valence-corrected chi connectivity index (χ3v) is 6.34. The number of hydrogen-bond donors (Lipinski definition) is 0. The molecule has 1 saturated heterocycles. The van der Waals surface area contributed by atoms with Crippen molar-refractivity contribution in [2.75, 3.05) is 26.2 Å². The van der Waals surface area contributed by atoms with Crippen LogP contribution in [0.1, 0.15) is 57.4 Å². The van der Waals surface area contributed by atoms with E-state index in [1.807, 2.05) is 36.5 Å². The molecule has 1 aliphatic heterocycles. The van der Waals surface area contributed by atoms with Gasteiger partial charge in [-0.2, -0.15) is 0 Å². The van der Waals surface area contributed by atoms with E-state index in [4.69, 9.17) is 4.42 Å². The van der Waals surface area contributed by atoms with Gasteiger partial charge in [-0.3, -0.25) is 9.69 Å². The van der Waals surface area contributed by atoms with E-state index in [9.17, 15) is 4.79 Å². The summed E-state index contributed by atoms with van der Waals surface area (Å²) in [6.07, 6.45) is 8.96.